The van der Waals surface area contributed by atoms with E-state index in [9.17, 15) is 4.79 Å². The van der Waals surface area contributed by atoms with Gasteiger partial charge in [-0.25, -0.2) is 4.79 Å². The lowest BCUT2D eigenvalue weighted by molar-refractivity contribution is -0.0107. The normalized spacial score (nSPS) is 25.8. The highest BCUT2D eigenvalue weighted by Gasteiger charge is 2.39. The van der Waals surface area contributed by atoms with E-state index in [1.54, 1.807) is 0 Å². The van der Waals surface area contributed by atoms with Crippen LogP contribution in [0.25, 0.3) is 0 Å². The number of amides is 1. The van der Waals surface area contributed by atoms with Gasteiger partial charge in [0.1, 0.15) is 5.60 Å². The van der Waals surface area contributed by atoms with E-state index in [1.807, 2.05) is 25.7 Å². The van der Waals surface area contributed by atoms with Gasteiger partial charge in [-0.3, -0.25) is 4.90 Å². The number of hydrogen-bond acceptors (Lipinski definition) is 3. The first-order valence-corrected chi connectivity index (χ1v) is 7.51. The fraction of sp³-hybridized carbons (Fsp3) is 0.933. The minimum atomic E-state index is -0.410. The van der Waals surface area contributed by atoms with Crippen molar-refractivity contribution in [1.82, 2.24) is 9.80 Å². The van der Waals surface area contributed by atoms with Crippen LogP contribution in [0.5, 0.6) is 0 Å². The second-order valence-electron chi connectivity index (χ2n) is 7.21. The summed E-state index contributed by atoms with van der Waals surface area (Å²) in [4.78, 5) is 16.8. The van der Waals surface area contributed by atoms with E-state index < -0.39 is 5.60 Å². The van der Waals surface area contributed by atoms with Crippen LogP contribution in [0.1, 0.15) is 47.5 Å². The van der Waals surface area contributed by atoms with E-state index in [-0.39, 0.29) is 12.1 Å². The van der Waals surface area contributed by atoms with Crippen LogP contribution in [0.15, 0.2) is 0 Å². The molecule has 4 heteroatoms. The summed E-state index contributed by atoms with van der Waals surface area (Å²) in [6, 6.07) is 1.06. The van der Waals surface area contributed by atoms with E-state index in [4.69, 9.17) is 4.74 Å². The first kappa shape index (κ1) is 14.6. The zero-order valence-electron chi connectivity index (χ0n) is 13.0. The summed E-state index contributed by atoms with van der Waals surface area (Å²) in [6.07, 6.45) is 2.51. The zero-order chi connectivity index (χ0) is 14.2. The molecular formula is C15H28N2O2. The maximum absolute atomic E-state index is 12.3. The molecule has 0 aromatic heterocycles. The molecule has 2 fully saturated rings. The molecule has 0 bridgehead atoms. The van der Waals surface area contributed by atoms with Crippen molar-refractivity contribution in [2.45, 2.75) is 65.1 Å². The van der Waals surface area contributed by atoms with Crippen LogP contribution in [0.3, 0.4) is 0 Å². The van der Waals surface area contributed by atoms with Crippen molar-refractivity contribution in [3.63, 3.8) is 0 Å². The molecule has 2 rings (SSSR count). The number of carbonyl (C=O) groups excluding carboxylic acids is 1. The Balaban J connectivity index is 2.00. The summed E-state index contributed by atoms with van der Waals surface area (Å²) in [5, 5.41) is 0. The maximum atomic E-state index is 12.3. The molecule has 1 heterocycles. The Kier molecular flexibility index (Phi) is 4.09. The molecule has 2 aliphatic rings. The highest BCUT2D eigenvalue weighted by molar-refractivity contribution is 5.68. The summed E-state index contributed by atoms with van der Waals surface area (Å²) in [5.41, 5.74) is -0.410. The second kappa shape index (κ2) is 5.31. The summed E-state index contributed by atoms with van der Waals surface area (Å²) in [6.45, 7) is 13.0. The Hall–Kier alpha value is -0.770. The number of nitrogens with zero attached hydrogens (tertiary/aromatic N) is 2. The third-order valence-electron chi connectivity index (χ3n) is 3.91. The predicted molar refractivity (Wildman–Crippen MR) is 76.2 cm³/mol. The molecule has 0 N–H and O–H groups in total. The average Bonchev–Trinajstić information content (AvgIpc) is 3.09. The number of hydrogen-bond donors (Lipinski definition) is 0. The van der Waals surface area contributed by atoms with Crippen LogP contribution in [-0.4, -0.2) is 53.2 Å². The number of piperazine rings is 1. The molecule has 0 radical (unpaired) electrons. The molecule has 0 aromatic rings. The molecule has 1 saturated carbocycles. The lowest BCUT2D eigenvalue weighted by Crippen LogP contribution is -2.58. The zero-order valence-corrected chi connectivity index (χ0v) is 13.0. The molecule has 19 heavy (non-hydrogen) atoms. The summed E-state index contributed by atoms with van der Waals surface area (Å²) >= 11 is 0. The van der Waals surface area contributed by atoms with Gasteiger partial charge in [0, 0.05) is 25.7 Å². The minimum Gasteiger partial charge on any atom is -0.444 e. The Bertz CT molecular complexity index is 332. The van der Waals surface area contributed by atoms with Gasteiger partial charge >= 0.3 is 6.09 Å². The minimum absolute atomic E-state index is 0.151. The monoisotopic (exact) mass is 268 g/mol. The lowest BCUT2D eigenvalue weighted by Gasteiger charge is -2.43. The molecule has 1 atom stereocenters. The Morgan fingerprint density at radius 2 is 1.84 bits per heavy atom. The average molecular weight is 268 g/mol. The number of carbonyl (C=O) groups is 1. The smallest absolute Gasteiger partial charge is 0.410 e. The lowest BCUT2D eigenvalue weighted by atomic mass is 10.00. The van der Waals surface area contributed by atoms with Gasteiger partial charge in [0.2, 0.25) is 0 Å². The van der Waals surface area contributed by atoms with E-state index in [2.05, 4.69) is 18.7 Å². The predicted octanol–water partition coefficient (Wildman–Crippen LogP) is 2.73. The SMILES string of the molecule is CC(C)[C@H]1CN(C2CC2)CCN1C(=O)OC(C)(C)C. The second-order valence-corrected chi connectivity index (χ2v) is 7.21. The van der Waals surface area contributed by atoms with Gasteiger partial charge in [0.15, 0.2) is 0 Å². The fourth-order valence-corrected chi connectivity index (χ4v) is 2.72. The molecule has 0 unspecified atom stereocenters. The van der Waals surface area contributed by atoms with Crippen molar-refractivity contribution in [2.75, 3.05) is 19.6 Å². The van der Waals surface area contributed by atoms with E-state index in [0.29, 0.717) is 5.92 Å². The van der Waals surface area contributed by atoms with Gasteiger partial charge in [-0.1, -0.05) is 13.8 Å². The molecule has 0 aromatic carbocycles. The van der Waals surface area contributed by atoms with Crippen LogP contribution in [0, 0.1) is 5.92 Å². The quantitative estimate of drug-likeness (QED) is 0.772. The van der Waals surface area contributed by atoms with Crippen LogP contribution >= 0.6 is 0 Å². The first-order valence-electron chi connectivity index (χ1n) is 7.51. The fourth-order valence-electron chi connectivity index (χ4n) is 2.72. The standard InChI is InChI=1S/C15H28N2O2/c1-11(2)13-10-16(12-6-7-12)8-9-17(13)14(18)19-15(3,4)5/h11-13H,6-10H2,1-5H3/t13-/m1/s1. The van der Waals surface area contributed by atoms with Crippen LogP contribution in [0.2, 0.25) is 0 Å². The molecule has 1 amide bonds. The van der Waals surface area contributed by atoms with Crippen molar-refractivity contribution in [3.8, 4) is 0 Å². The topological polar surface area (TPSA) is 32.8 Å². The van der Waals surface area contributed by atoms with E-state index in [1.165, 1.54) is 12.8 Å². The highest BCUT2D eigenvalue weighted by atomic mass is 16.6. The third kappa shape index (κ3) is 3.85. The van der Waals surface area contributed by atoms with Crippen molar-refractivity contribution in [3.05, 3.63) is 0 Å². The maximum Gasteiger partial charge on any atom is 0.410 e. The van der Waals surface area contributed by atoms with Crippen molar-refractivity contribution >= 4 is 6.09 Å². The van der Waals surface area contributed by atoms with Crippen LogP contribution < -0.4 is 0 Å². The molecule has 110 valence electrons. The van der Waals surface area contributed by atoms with Crippen molar-refractivity contribution < 1.29 is 9.53 Å². The summed E-state index contributed by atoms with van der Waals surface area (Å²) < 4.78 is 5.54. The number of ether oxygens (including phenoxy) is 1. The van der Waals surface area contributed by atoms with Crippen molar-refractivity contribution in [1.29, 1.82) is 0 Å². The first-order chi connectivity index (χ1) is 8.78. The van der Waals surface area contributed by atoms with Gasteiger partial charge in [-0.15, -0.1) is 0 Å². The molecule has 1 aliphatic heterocycles. The molecule has 0 spiro atoms. The van der Waals surface area contributed by atoms with E-state index >= 15 is 0 Å². The van der Waals surface area contributed by atoms with E-state index in [0.717, 1.165) is 25.7 Å². The van der Waals surface area contributed by atoms with Gasteiger partial charge in [-0.05, 0) is 39.5 Å². The van der Waals surface area contributed by atoms with Crippen LogP contribution in [-0.2, 0) is 4.74 Å². The molecular weight excluding hydrogens is 240 g/mol. The summed E-state index contributed by atoms with van der Waals surface area (Å²) in [5.74, 6) is 0.467. The van der Waals surface area contributed by atoms with Gasteiger partial charge in [0.25, 0.3) is 0 Å². The molecule has 1 saturated heterocycles. The van der Waals surface area contributed by atoms with Crippen molar-refractivity contribution in [2.24, 2.45) is 5.92 Å². The highest BCUT2D eigenvalue weighted by Crippen LogP contribution is 2.30. The van der Waals surface area contributed by atoms with Gasteiger partial charge in [0.05, 0.1) is 6.04 Å². The van der Waals surface area contributed by atoms with Gasteiger partial charge in [-0.2, -0.15) is 0 Å². The Morgan fingerprint density at radius 1 is 1.21 bits per heavy atom. The largest absolute Gasteiger partial charge is 0.444 e. The molecule has 4 nitrogen and oxygen atoms in total. The molecule has 1 aliphatic carbocycles. The van der Waals surface area contributed by atoms with Crippen LogP contribution in [0.4, 0.5) is 4.79 Å². The Labute approximate surface area is 117 Å². The summed E-state index contributed by atoms with van der Waals surface area (Å²) in [7, 11) is 0. The third-order valence-corrected chi connectivity index (χ3v) is 3.91. The Morgan fingerprint density at radius 3 is 2.32 bits per heavy atom. The van der Waals surface area contributed by atoms with Gasteiger partial charge < -0.3 is 9.64 Å². The number of rotatable bonds is 2.